The second-order valence-corrected chi connectivity index (χ2v) is 4.70. The van der Waals surface area contributed by atoms with Gasteiger partial charge < -0.3 is 10.4 Å². The fourth-order valence-electron chi connectivity index (χ4n) is 0.961. The van der Waals surface area contributed by atoms with Crippen LogP contribution in [0.25, 0.3) is 0 Å². The molecule has 78 valence electrons. The van der Waals surface area contributed by atoms with Crippen LogP contribution in [0.1, 0.15) is 6.92 Å². The van der Waals surface area contributed by atoms with Crippen molar-refractivity contribution in [2.75, 3.05) is 11.9 Å². The van der Waals surface area contributed by atoms with Crippen LogP contribution in [0.4, 0.5) is 5.69 Å². The maximum atomic E-state index is 9.09. The summed E-state index contributed by atoms with van der Waals surface area (Å²) in [5, 5.41) is 13.1. The van der Waals surface area contributed by atoms with Crippen molar-refractivity contribution in [1.82, 2.24) is 0 Å². The van der Waals surface area contributed by atoms with Crippen molar-refractivity contribution in [3.63, 3.8) is 0 Å². The molecule has 0 aliphatic heterocycles. The first kappa shape index (κ1) is 12.1. The van der Waals surface area contributed by atoms with Gasteiger partial charge in [-0.3, -0.25) is 0 Å². The molecule has 0 heterocycles. The molecule has 14 heavy (non-hydrogen) atoms. The van der Waals surface area contributed by atoms with Crippen molar-refractivity contribution < 1.29 is 5.11 Å². The topological polar surface area (TPSA) is 32.3 Å². The summed E-state index contributed by atoms with van der Waals surface area (Å²) >= 11 is 15.2. The molecule has 0 spiro atoms. The van der Waals surface area contributed by atoms with Crippen LogP contribution in [0.5, 0.6) is 0 Å². The van der Waals surface area contributed by atoms with E-state index in [-0.39, 0.29) is 0 Å². The smallest absolute Gasteiger partial charge is 0.0720 e. The average molecular weight is 299 g/mol. The number of aliphatic hydroxyl groups excluding tert-OH is 1. The van der Waals surface area contributed by atoms with Gasteiger partial charge in [-0.2, -0.15) is 0 Å². The first-order valence-corrected chi connectivity index (χ1v) is 5.62. The number of hydrogen-bond donors (Lipinski definition) is 2. The van der Waals surface area contributed by atoms with Crippen LogP contribution in [-0.2, 0) is 0 Å². The van der Waals surface area contributed by atoms with Gasteiger partial charge in [-0.15, -0.1) is 0 Å². The highest BCUT2D eigenvalue weighted by Crippen LogP contribution is 2.33. The number of nitrogens with one attached hydrogen (secondary N) is 1. The second-order valence-electron chi connectivity index (χ2n) is 2.97. The van der Waals surface area contributed by atoms with E-state index in [2.05, 4.69) is 21.2 Å². The largest absolute Gasteiger partial charge is 0.392 e. The Labute approximate surface area is 101 Å². The Morgan fingerprint density at radius 3 is 2.36 bits per heavy atom. The number of aliphatic hydroxyl groups is 1. The van der Waals surface area contributed by atoms with Crippen molar-refractivity contribution in [3.05, 3.63) is 26.7 Å². The van der Waals surface area contributed by atoms with E-state index in [0.717, 1.165) is 4.47 Å². The second kappa shape index (κ2) is 5.21. The molecule has 1 aromatic rings. The zero-order valence-electron chi connectivity index (χ0n) is 7.52. The highest BCUT2D eigenvalue weighted by Gasteiger charge is 2.07. The normalized spacial score (nSPS) is 12.6. The molecule has 0 aromatic heterocycles. The Hall–Kier alpha value is 0.0400. The summed E-state index contributed by atoms with van der Waals surface area (Å²) in [5.74, 6) is 0. The summed E-state index contributed by atoms with van der Waals surface area (Å²) in [4.78, 5) is 0. The van der Waals surface area contributed by atoms with E-state index in [1.165, 1.54) is 0 Å². The Bertz CT molecular complexity index is 308. The third-order valence-electron chi connectivity index (χ3n) is 1.58. The first-order chi connectivity index (χ1) is 6.50. The lowest BCUT2D eigenvalue weighted by Gasteiger charge is -2.12. The van der Waals surface area contributed by atoms with Crippen molar-refractivity contribution in [3.8, 4) is 0 Å². The summed E-state index contributed by atoms with van der Waals surface area (Å²) in [5.41, 5.74) is 0.650. The van der Waals surface area contributed by atoms with E-state index in [9.17, 15) is 0 Å². The minimum atomic E-state index is -0.439. The third kappa shape index (κ3) is 3.31. The van der Waals surface area contributed by atoms with E-state index in [4.69, 9.17) is 28.3 Å². The van der Waals surface area contributed by atoms with Crippen LogP contribution < -0.4 is 5.32 Å². The number of rotatable bonds is 3. The van der Waals surface area contributed by atoms with Gasteiger partial charge in [0, 0.05) is 11.0 Å². The molecular formula is C9H10BrCl2NO. The molecule has 2 nitrogen and oxygen atoms in total. The van der Waals surface area contributed by atoms with Crippen LogP contribution in [0.3, 0.4) is 0 Å². The van der Waals surface area contributed by atoms with Gasteiger partial charge in [0.1, 0.15) is 0 Å². The minimum Gasteiger partial charge on any atom is -0.392 e. The van der Waals surface area contributed by atoms with Gasteiger partial charge in [0.2, 0.25) is 0 Å². The molecule has 0 radical (unpaired) electrons. The number of benzene rings is 1. The first-order valence-electron chi connectivity index (χ1n) is 4.07. The number of halogens is 3. The highest BCUT2D eigenvalue weighted by molar-refractivity contribution is 9.10. The van der Waals surface area contributed by atoms with Crippen LogP contribution in [-0.4, -0.2) is 17.8 Å². The highest BCUT2D eigenvalue weighted by atomic mass is 79.9. The molecule has 0 fully saturated rings. The van der Waals surface area contributed by atoms with Crippen molar-refractivity contribution in [2.24, 2.45) is 0 Å². The third-order valence-corrected chi connectivity index (χ3v) is 2.64. The summed E-state index contributed by atoms with van der Waals surface area (Å²) < 4.78 is 0.829. The van der Waals surface area contributed by atoms with Crippen LogP contribution in [0.2, 0.25) is 10.0 Å². The van der Waals surface area contributed by atoms with E-state index in [1.807, 2.05) is 0 Å². The van der Waals surface area contributed by atoms with Gasteiger partial charge in [0.15, 0.2) is 0 Å². The van der Waals surface area contributed by atoms with Crippen molar-refractivity contribution in [2.45, 2.75) is 13.0 Å². The Morgan fingerprint density at radius 1 is 1.43 bits per heavy atom. The number of anilines is 1. The fourth-order valence-corrected chi connectivity index (χ4v) is 2.30. The van der Waals surface area contributed by atoms with Crippen LogP contribution >= 0.6 is 39.1 Å². The lowest BCUT2D eigenvalue weighted by Crippen LogP contribution is -2.15. The lowest BCUT2D eigenvalue weighted by atomic mass is 10.3. The van der Waals surface area contributed by atoms with Crippen molar-refractivity contribution >= 4 is 44.8 Å². The molecule has 0 bridgehead atoms. The molecule has 0 amide bonds. The van der Waals surface area contributed by atoms with Gasteiger partial charge >= 0.3 is 0 Å². The SMILES string of the molecule is C[C@H](O)CNc1c(Cl)cc(Br)cc1Cl. The predicted molar refractivity (Wildman–Crippen MR) is 64.3 cm³/mol. The maximum absolute atomic E-state index is 9.09. The average Bonchev–Trinajstić information content (AvgIpc) is 2.01. The van der Waals surface area contributed by atoms with Crippen LogP contribution in [0, 0.1) is 0 Å². The monoisotopic (exact) mass is 297 g/mol. The summed E-state index contributed by atoms with van der Waals surface area (Å²) in [6.45, 7) is 2.11. The van der Waals surface area contributed by atoms with Gasteiger partial charge in [-0.25, -0.2) is 0 Å². The number of hydrogen-bond acceptors (Lipinski definition) is 2. The molecular weight excluding hydrogens is 289 g/mol. The van der Waals surface area contributed by atoms with E-state index >= 15 is 0 Å². The Morgan fingerprint density at radius 2 is 1.93 bits per heavy atom. The van der Waals surface area contributed by atoms with Gasteiger partial charge in [0.25, 0.3) is 0 Å². The molecule has 0 saturated carbocycles. The summed E-state index contributed by atoms with van der Waals surface area (Å²) in [6.07, 6.45) is -0.439. The molecule has 1 aromatic carbocycles. The van der Waals surface area contributed by atoms with Crippen molar-refractivity contribution in [1.29, 1.82) is 0 Å². The van der Waals surface area contributed by atoms with E-state index in [1.54, 1.807) is 19.1 Å². The maximum Gasteiger partial charge on any atom is 0.0720 e. The molecule has 5 heteroatoms. The van der Waals surface area contributed by atoms with Gasteiger partial charge in [-0.05, 0) is 19.1 Å². The molecule has 0 aliphatic rings. The van der Waals surface area contributed by atoms with Crippen LogP contribution in [0.15, 0.2) is 16.6 Å². The predicted octanol–water partition coefficient (Wildman–Crippen LogP) is 3.55. The molecule has 1 rings (SSSR count). The minimum absolute atomic E-state index is 0.418. The molecule has 0 aliphatic carbocycles. The van der Waals surface area contributed by atoms with Gasteiger partial charge in [0.05, 0.1) is 21.8 Å². The zero-order valence-corrected chi connectivity index (χ0v) is 10.6. The quantitative estimate of drug-likeness (QED) is 0.894. The Balaban J connectivity index is 2.86. The zero-order chi connectivity index (χ0) is 10.7. The molecule has 1 atom stereocenters. The summed E-state index contributed by atoms with van der Waals surface area (Å²) in [7, 11) is 0. The molecule has 0 saturated heterocycles. The standard InChI is InChI=1S/C9H10BrCl2NO/c1-5(14)4-13-9-7(11)2-6(10)3-8(9)12/h2-3,5,13-14H,4H2,1H3/t5-/m0/s1. The fraction of sp³-hybridized carbons (Fsp3) is 0.333. The Kier molecular flexibility index (Phi) is 4.51. The summed E-state index contributed by atoms with van der Waals surface area (Å²) in [6, 6.07) is 3.50. The lowest BCUT2D eigenvalue weighted by molar-refractivity contribution is 0.208. The van der Waals surface area contributed by atoms with Gasteiger partial charge in [-0.1, -0.05) is 39.1 Å². The molecule has 2 N–H and O–H groups in total. The van der Waals surface area contributed by atoms with E-state index < -0.39 is 6.10 Å². The van der Waals surface area contributed by atoms with E-state index in [0.29, 0.717) is 22.3 Å². The molecule has 0 unspecified atom stereocenters.